The van der Waals surface area contributed by atoms with Gasteiger partial charge in [-0.1, -0.05) is 18.2 Å². The number of aromatic nitrogens is 2. The van der Waals surface area contributed by atoms with Crippen molar-refractivity contribution in [1.82, 2.24) is 14.9 Å². The van der Waals surface area contributed by atoms with Crippen LogP contribution in [0.25, 0.3) is 0 Å². The van der Waals surface area contributed by atoms with Crippen LogP contribution in [0.3, 0.4) is 0 Å². The van der Waals surface area contributed by atoms with E-state index in [1.54, 1.807) is 6.07 Å². The maximum Gasteiger partial charge on any atom is 0.345 e. The first-order chi connectivity index (χ1) is 11.2. The van der Waals surface area contributed by atoms with Gasteiger partial charge in [-0.15, -0.1) is 0 Å². The van der Waals surface area contributed by atoms with E-state index >= 15 is 0 Å². The fraction of sp³-hybridized carbons (Fsp3) is 0.353. The molecule has 6 heteroatoms. The molecule has 1 aromatic carbocycles. The summed E-state index contributed by atoms with van der Waals surface area (Å²) in [5.41, 5.74) is 0.369. The van der Waals surface area contributed by atoms with E-state index in [-0.39, 0.29) is 17.6 Å². The highest BCUT2D eigenvalue weighted by Crippen LogP contribution is 2.30. The Morgan fingerprint density at radius 1 is 1.30 bits per heavy atom. The van der Waals surface area contributed by atoms with Crippen LogP contribution in [-0.4, -0.2) is 33.9 Å². The molecule has 1 amide bonds. The van der Waals surface area contributed by atoms with Crippen LogP contribution in [0.5, 0.6) is 5.75 Å². The van der Waals surface area contributed by atoms with Gasteiger partial charge >= 0.3 is 5.69 Å². The van der Waals surface area contributed by atoms with E-state index in [1.165, 1.54) is 6.20 Å². The number of carbonyl (C=O) groups excluding carboxylic acids is 1. The van der Waals surface area contributed by atoms with Crippen LogP contribution in [0.2, 0.25) is 0 Å². The smallest absolute Gasteiger partial charge is 0.345 e. The molecule has 0 unspecified atom stereocenters. The molecule has 1 aliphatic rings. The summed E-state index contributed by atoms with van der Waals surface area (Å²) in [6.07, 6.45) is 3.58. The van der Waals surface area contributed by atoms with Gasteiger partial charge in [0.1, 0.15) is 5.75 Å². The molecule has 2 heterocycles. The van der Waals surface area contributed by atoms with Gasteiger partial charge in [-0.05, 0) is 31.0 Å². The minimum atomic E-state index is -0.380. The molecular formula is C17H19N3O3. The molecule has 23 heavy (non-hydrogen) atoms. The largest absolute Gasteiger partial charge is 0.493 e. The highest BCUT2D eigenvalue weighted by Gasteiger charge is 2.30. The Kier molecular flexibility index (Phi) is 4.71. The monoisotopic (exact) mass is 313 g/mol. The van der Waals surface area contributed by atoms with Crippen molar-refractivity contribution in [1.29, 1.82) is 0 Å². The van der Waals surface area contributed by atoms with Crippen molar-refractivity contribution in [2.45, 2.75) is 25.3 Å². The number of carbonyl (C=O) groups is 1. The van der Waals surface area contributed by atoms with E-state index in [0.29, 0.717) is 19.6 Å². The highest BCUT2D eigenvalue weighted by atomic mass is 16.5. The summed E-state index contributed by atoms with van der Waals surface area (Å²) in [7, 11) is 0. The lowest BCUT2D eigenvalue weighted by Gasteiger charge is -2.24. The Morgan fingerprint density at radius 3 is 2.91 bits per heavy atom. The van der Waals surface area contributed by atoms with Crippen molar-refractivity contribution in [2.24, 2.45) is 0 Å². The summed E-state index contributed by atoms with van der Waals surface area (Å²) < 4.78 is 5.58. The van der Waals surface area contributed by atoms with Crippen molar-refractivity contribution in [3.05, 3.63) is 58.8 Å². The standard InChI is InChI=1S/C17H19N3O3/c21-16(9-12-23-13-5-2-1-3-6-13)20-11-4-7-15(20)14-8-10-18-17(22)19-14/h1-3,5-6,8,10,15H,4,7,9,11-12H2,(H,18,19,22)/t15-/m1/s1. The molecule has 0 saturated carbocycles. The molecule has 120 valence electrons. The quantitative estimate of drug-likeness (QED) is 0.915. The van der Waals surface area contributed by atoms with E-state index in [1.807, 2.05) is 35.2 Å². The molecule has 1 fully saturated rings. The highest BCUT2D eigenvalue weighted by molar-refractivity contribution is 5.77. The predicted molar refractivity (Wildman–Crippen MR) is 85.1 cm³/mol. The third-order valence-corrected chi connectivity index (χ3v) is 3.96. The average molecular weight is 313 g/mol. The number of ether oxygens (including phenoxy) is 1. The van der Waals surface area contributed by atoms with Gasteiger partial charge in [-0.2, -0.15) is 0 Å². The minimum absolute atomic E-state index is 0.0427. The summed E-state index contributed by atoms with van der Waals surface area (Å²) >= 11 is 0. The molecule has 0 spiro atoms. The van der Waals surface area contributed by atoms with E-state index in [9.17, 15) is 9.59 Å². The third kappa shape index (κ3) is 3.77. The number of para-hydroxylation sites is 1. The van der Waals surface area contributed by atoms with Crippen LogP contribution in [0.1, 0.15) is 31.0 Å². The molecule has 2 aromatic rings. The molecule has 1 saturated heterocycles. The molecular weight excluding hydrogens is 294 g/mol. The Balaban J connectivity index is 1.59. The summed E-state index contributed by atoms with van der Waals surface area (Å²) in [6, 6.07) is 11.1. The lowest BCUT2D eigenvalue weighted by Crippen LogP contribution is -2.32. The van der Waals surface area contributed by atoms with Crippen molar-refractivity contribution in [3.8, 4) is 5.75 Å². The number of aromatic amines is 1. The van der Waals surface area contributed by atoms with Crippen LogP contribution in [0, 0.1) is 0 Å². The number of rotatable bonds is 5. The van der Waals surface area contributed by atoms with E-state index in [2.05, 4.69) is 9.97 Å². The maximum atomic E-state index is 12.4. The first kappa shape index (κ1) is 15.3. The molecule has 1 atom stereocenters. The van der Waals surface area contributed by atoms with Crippen molar-refractivity contribution < 1.29 is 9.53 Å². The molecule has 0 radical (unpaired) electrons. The van der Waals surface area contributed by atoms with Crippen molar-refractivity contribution in [3.63, 3.8) is 0 Å². The first-order valence-electron chi connectivity index (χ1n) is 7.76. The molecule has 3 rings (SSSR count). The Bertz CT molecular complexity index is 714. The number of H-pyrrole nitrogens is 1. The van der Waals surface area contributed by atoms with Gasteiger partial charge in [0.25, 0.3) is 0 Å². The maximum absolute atomic E-state index is 12.4. The second-order valence-electron chi connectivity index (χ2n) is 5.49. The zero-order chi connectivity index (χ0) is 16.1. The zero-order valence-electron chi connectivity index (χ0n) is 12.8. The lowest BCUT2D eigenvalue weighted by atomic mass is 10.1. The Hall–Kier alpha value is -2.63. The summed E-state index contributed by atoms with van der Waals surface area (Å²) in [6.45, 7) is 1.05. The van der Waals surface area contributed by atoms with Crippen molar-refractivity contribution >= 4 is 5.91 Å². The second kappa shape index (κ2) is 7.09. The molecule has 1 aliphatic heterocycles. The molecule has 0 aliphatic carbocycles. The number of amides is 1. The van der Waals surface area contributed by atoms with Gasteiger partial charge in [0.15, 0.2) is 0 Å². The van der Waals surface area contributed by atoms with Gasteiger partial charge in [-0.25, -0.2) is 9.78 Å². The summed E-state index contributed by atoms with van der Waals surface area (Å²) in [5.74, 6) is 0.804. The van der Waals surface area contributed by atoms with Gasteiger partial charge in [0.2, 0.25) is 5.91 Å². The normalized spacial score (nSPS) is 17.2. The van der Waals surface area contributed by atoms with E-state index in [0.717, 1.165) is 24.3 Å². The van der Waals surface area contributed by atoms with Gasteiger partial charge in [-0.3, -0.25) is 4.79 Å². The Labute approximate surface area is 134 Å². The van der Waals surface area contributed by atoms with Crippen LogP contribution in [0.4, 0.5) is 0 Å². The lowest BCUT2D eigenvalue weighted by molar-refractivity contribution is -0.132. The predicted octanol–water partition coefficient (Wildman–Crippen LogP) is 1.90. The number of nitrogens with one attached hydrogen (secondary N) is 1. The molecule has 1 N–H and O–H groups in total. The molecule has 1 aromatic heterocycles. The third-order valence-electron chi connectivity index (χ3n) is 3.96. The van der Waals surface area contributed by atoms with Gasteiger partial charge in [0, 0.05) is 18.4 Å². The van der Waals surface area contributed by atoms with Crippen LogP contribution >= 0.6 is 0 Å². The Morgan fingerprint density at radius 2 is 2.13 bits per heavy atom. The van der Waals surface area contributed by atoms with Crippen LogP contribution in [-0.2, 0) is 4.79 Å². The van der Waals surface area contributed by atoms with E-state index in [4.69, 9.17) is 4.74 Å². The average Bonchev–Trinajstić information content (AvgIpc) is 3.05. The number of nitrogens with zero attached hydrogens (tertiary/aromatic N) is 2. The van der Waals surface area contributed by atoms with Crippen LogP contribution < -0.4 is 10.4 Å². The van der Waals surface area contributed by atoms with Crippen LogP contribution in [0.15, 0.2) is 47.4 Å². The number of hydrogen-bond donors (Lipinski definition) is 1. The first-order valence-corrected chi connectivity index (χ1v) is 7.76. The summed E-state index contributed by atoms with van der Waals surface area (Å²) in [4.78, 5) is 32.0. The van der Waals surface area contributed by atoms with Crippen molar-refractivity contribution in [2.75, 3.05) is 13.2 Å². The SMILES string of the molecule is O=C(CCOc1ccccc1)N1CCC[C@@H]1c1ccnc(=O)[nH]1. The minimum Gasteiger partial charge on any atom is -0.493 e. The fourth-order valence-corrected chi connectivity index (χ4v) is 2.88. The molecule has 0 bridgehead atoms. The number of likely N-dealkylation sites (tertiary alicyclic amines) is 1. The topological polar surface area (TPSA) is 75.3 Å². The van der Waals surface area contributed by atoms with Gasteiger partial charge < -0.3 is 14.6 Å². The zero-order valence-corrected chi connectivity index (χ0v) is 12.8. The fourth-order valence-electron chi connectivity index (χ4n) is 2.88. The van der Waals surface area contributed by atoms with Gasteiger partial charge in [0.05, 0.1) is 19.1 Å². The summed E-state index contributed by atoms with van der Waals surface area (Å²) in [5, 5.41) is 0. The second-order valence-corrected chi connectivity index (χ2v) is 5.49. The number of benzene rings is 1. The van der Waals surface area contributed by atoms with E-state index < -0.39 is 0 Å². The number of hydrogen-bond acceptors (Lipinski definition) is 4. The molecule has 6 nitrogen and oxygen atoms in total.